The van der Waals surface area contributed by atoms with E-state index in [4.69, 9.17) is 18.6 Å². The maximum absolute atomic E-state index is 14.1. The number of fused-ring (bicyclic) bond motifs is 4. The molecule has 0 aliphatic carbocycles. The zero-order valence-corrected chi connectivity index (χ0v) is 25.7. The lowest BCUT2D eigenvalue weighted by Gasteiger charge is -2.31. The molecule has 2 aromatic heterocycles. The van der Waals surface area contributed by atoms with Crippen molar-refractivity contribution in [3.05, 3.63) is 94.4 Å². The second-order valence-corrected chi connectivity index (χ2v) is 13.3. The van der Waals surface area contributed by atoms with Gasteiger partial charge in [-0.05, 0) is 55.0 Å². The summed E-state index contributed by atoms with van der Waals surface area (Å²) in [6, 6.07) is 15.2. The molecule has 4 bridgehead atoms. The van der Waals surface area contributed by atoms with Gasteiger partial charge in [-0.1, -0.05) is 56.7 Å². The van der Waals surface area contributed by atoms with E-state index in [-0.39, 0.29) is 35.6 Å². The number of hydrogen-bond donors (Lipinski definition) is 2. The lowest BCUT2D eigenvalue weighted by molar-refractivity contribution is -0.129. The van der Waals surface area contributed by atoms with Gasteiger partial charge in [0.15, 0.2) is 29.2 Å². The molecule has 10 nitrogen and oxygen atoms in total. The molecule has 3 aliphatic rings. The van der Waals surface area contributed by atoms with Gasteiger partial charge < -0.3 is 24.2 Å². The first-order chi connectivity index (χ1) is 21.5. The minimum Gasteiger partial charge on any atom is -0.469 e. The SMILES string of the molecule is CC(C)=CC(=O)CC1Cc2ccc3c(c2)C2(c4ccccc4N[C@H]2O3)c2oc(nc2-c2nc(C#N)co2)[C@H](C(C)(C)C)NC1=O. The summed E-state index contributed by atoms with van der Waals surface area (Å²) >= 11 is 0. The van der Waals surface area contributed by atoms with Gasteiger partial charge in [-0.3, -0.25) is 9.59 Å². The number of nitrogens with zero attached hydrogens (tertiary/aromatic N) is 3. The van der Waals surface area contributed by atoms with Crippen LogP contribution in [0.25, 0.3) is 11.6 Å². The van der Waals surface area contributed by atoms with Gasteiger partial charge in [0.25, 0.3) is 0 Å². The average Bonchev–Trinajstić information content (AvgIpc) is 3.74. The highest BCUT2D eigenvalue weighted by Gasteiger charge is 2.61. The van der Waals surface area contributed by atoms with Crippen LogP contribution in [-0.4, -0.2) is 27.9 Å². The van der Waals surface area contributed by atoms with Crippen LogP contribution < -0.4 is 15.4 Å². The van der Waals surface area contributed by atoms with E-state index >= 15 is 0 Å². The summed E-state index contributed by atoms with van der Waals surface area (Å²) in [7, 11) is 0. The molecule has 0 saturated carbocycles. The molecule has 4 aromatic rings. The maximum atomic E-state index is 14.1. The van der Waals surface area contributed by atoms with Crippen LogP contribution in [0.3, 0.4) is 0 Å². The first-order valence-corrected chi connectivity index (χ1v) is 15.0. The largest absolute Gasteiger partial charge is 0.469 e. The van der Waals surface area contributed by atoms with Gasteiger partial charge in [-0.2, -0.15) is 10.2 Å². The monoisotopic (exact) mass is 603 g/mol. The molecule has 0 saturated heterocycles. The Kier molecular flexibility index (Phi) is 6.48. The second kappa shape index (κ2) is 10.2. The van der Waals surface area contributed by atoms with Crippen molar-refractivity contribution in [1.29, 1.82) is 5.26 Å². The quantitative estimate of drug-likeness (QED) is 0.269. The standard InChI is InChI=1S/C35H33N5O5/c1-18(2)12-22(41)15-20-13-19-10-11-26-24(14-19)35(23-8-6-7-9-25(23)38-33(35)44-26)29-27(31-37-21(16-36)17-43-31)39-32(45-29)28(34(3,4)5)40-30(20)42/h6-12,14,17,20,28,33,38H,13,15H2,1-5H3,(H,40,42)/t20?,28-,33+,35?/m1/s1. The zero-order valence-electron chi connectivity index (χ0n) is 25.7. The van der Waals surface area contributed by atoms with Gasteiger partial charge in [0.05, 0.1) is 0 Å². The van der Waals surface area contributed by atoms with E-state index in [0.717, 1.165) is 28.0 Å². The third-order valence-electron chi connectivity index (χ3n) is 8.72. The molecule has 0 radical (unpaired) electrons. The molecule has 3 aliphatic heterocycles. The molecule has 4 atom stereocenters. The van der Waals surface area contributed by atoms with Crippen molar-refractivity contribution in [2.45, 2.75) is 65.1 Å². The third-order valence-corrected chi connectivity index (χ3v) is 8.72. The topological polar surface area (TPSA) is 143 Å². The predicted octanol–water partition coefficient (Wildman–Crippen LogP) is 5.98. The molecule has 0 fully saturated rings. The summed E-state index contributed by atoms with van der Waals surface area (Å²) in [6.45, 7) is 9.70. The predicted molar refractivity (Wildman–Crippen MR) is 164 cm³/mol. The normalized spacial score (nSPS) is 22.8. The van der Waals surface area contributed by atoms with Crippen LogP contribution in [0.5, 0.6) is 5.75 Å². The van der Waals surface area contributed by atoms with Gasteiger partial charge in [-0.15, -0.1) is 0 Å². The highest BCUT2D eigenvalue weighted by Crippen LogP contribution is 2.59. The fraction of sp³-hybridized carbons (Fsp3) is 0.343. The molecule has 5 heterocycles. The van der Waals surface area contributed by atoms with Crippen LogP contribution in [0.4, 0.5) is 5.69 Å². The fourth-order valence-electron chi connectivity index (χ4n) is 6.73. The van der Waals surface area contributed by atoms with Crippen molar-refractivity contribution >= 4 is 17.4 Å². The minimum atomic E-state index is -1.01. The van der Waals surface area contributed by atoms with Crippen molar-refractivity contribution in [1.82, 2.24) is 15.3 Å². The molecule has 2 unspecified atom stereocenters. The number of ketones is 1. The Balaban J connectivity index is 1.52. The molecule has 228 valence electrons. The van der Waals surface area contributed by atoms with E-state index < -0.39 is 29.0 Å². The number of oxazole rings is 2. The number of ether oxygens (including phenoxy) is 1. The number of carbonyl (C=O) groups excluding carboxylic acids is 2. The van der Waals surface area contributed by atoms with Crippen molar-refractivity contribution in [2.24, 2.45) is 11.3 Å². The molecule has 1 spiro atoms. The molecule has 2 aromatic carbocycles. The number of amides is 1. The summed E-state index contributed by atoms with van der Waals surface area (Å²) in [5.41, 5.74) is 3.25. The van der Waals surface area contributed by atoms with Crippen molar-refractivity contribution < 1.29 is 23.2 Å². The summed E-state index contributed by atoms with van der Waals surface area (Å²) < 4.78 is 19.2. The number of benzene rings is 2. The van der Waals surface area contributed by atoms with Crippen LogP contribution in [0, 0.1) is 22.7 Å². The molecule has 7 rings (SSSR count). The maximum Gasteiger partial charge on any atom is 0.250 e. The number of nitrogens with one attached hydrogen (secondary N) is 2. The number of allylic oxidation sites excluding steroid dienone is 2. The summed E-state index contributed by atoms with van der Waals surface area (Å²) in [6.07, 6.45) is 2.67. The van der Waals surface area contributed by atoms with Crippen LogP contribution in [0.1, 0.15) is 81.1 Å². The lowest BCUT2D eigenvalue weighted by Crippen LogP contribution is -2.42. The van der Waals surface area contributed by atoms with E-state index in [1.807, 2.05) is 83.2 Å². The number of aromatic nitrogens is 2. The summed E-state index contributed by atoms with van der Waals surface area (Å²) in [4.78, 5) is 36.4. The van der Waals surface area contributed by atoms with Crippen LogP contribution in [-0.2, 0) is 21.4 Å². The Morgan fingerprint density at radius 1 is 1.13 bits per heavy atom. The molecule has 45 heavy (non-hydrogen) atoms. The molecule has 1 amide bonds. The van der Waals surface area contributed by atoms with E-state index in [2.05, 4.69) is 15.6 Å². The van der Waals surface area contributed by atoms with Crippen LogP contribution >= 0.6 is 0 Å². The van der Waals surface area contributed by atoms with E-state index in [9.17, 15) is 14.9 Å². The Morgan fingerprint density at radius 2 is 1.93 bits per heavy atom. The van der Waals surface area contributed by atoms with Crippen LogP contribution in [0.15, 0.2) is 69.2 Å². The number of rotatable bonds is 4. The van der Waals surface area contributed by atoms with Gasteiger partial charge in [0.1, 0.15) is 29.5 Å². The Bertz CT molecular complexity index is 1940. The average molecular weight is 604 g/mol. The van der Waals surface area contributed by atoms with Crippen molar-refractivity contribution in [3.63, 3.8) is 0 Å². The van der Waals surface area contributed by atoms with Crippen molar-refractivity contribution in [3.8, 4) is 23.4 Å². The number of nitriles is 1. The second-order valence-electron chi connectivity index (χ2n) is 13.3. The smallest absolute Gasteiger partial charge is 0.250 e. The Morgan fingerprint density at radius 3 is 2.67 bits per heavy atom. The lowest BCUT2D eigenvalue weighted by atomic mass is 9.72. The van der Waals surface area contributed by atoms with Crippen molar-refractivity contribution in [2.75, 3.05) is 5.32 Å². The first kappa shape index (κ1) is 28.6. The number of hydrogen-bond acceptors (Lipinski definition) is 9. The Hall–Kier alpha value is -5.17. The van der Waals surface area contributed by atoms with Gasteiger partial charge in [0, 0.05) is 23.6 Å². The van der Waals surface area contributed by atoms with Crippen LogP contribution in [0.2, 0.25) is 0 Å². The fourth-order valence-corrected chi connectivity index (χ4v) is 6.73. The number of carbonyl (C=O) groups is 2. The Labute approximate surface area is 260 Å². The highest BCUT2D eigenvalue weighted by molar-refractivity contribution is 5.94. The van der Waals surface area contributed by atoms with Gasteiger partial charge in [-0.25, -0.2) is 4.98 Å². The van der Waals surface area contributed by atoms with E-state index in [1.54, 1.807) is 6.08 Å². The van der Waals surface area contributed by atoms with E-state index in [0.29, 0.717) is 23.6 Å². The molecular formula is C35H33N5O5. The zero-order chi connectivity index (χ0) is 31.7. The third kappa shape index (κ3) is 4.53. The summed E-state index contributed by atoms with van der Waals surface area (Å²) in [5.74, 6) is 0.451. The minimum absolute atomic E-state index is 0.0505. The molecule has 10 heteroatoms. The molecule has 2 N–H and O–H groups in total. The first-order valence-electron chi connectivity index (χ1n) is 15.0. The molecular weight excluding hydrogens is 570 g/mol. The summed E-state index contributed by atoms with van der Waals surface area (Å²) in [5, 5.41) is 16.3. The van der Waals surface area contributed by atoms with E-state index in [1.165, 1.54) is 6.26 Å². The van der Waals surface area contributed by atoms with Gasteiger partial charge >= 0.3 is 0 Å². The number of para-hydroxylation sites is 1. The van der Waals surface area contributed by atoms with Gasteiger partial charge in [0.2, 0.25) is 17.7 Å². The highest BCUT2D eigenvalue weighted by atomic mass is 16.5. The number of anilines is 1.